The van der Waals surface area contributed by atoms with Crippen LogP contribution in [0, 0.1) is 18.8 Å². The number of carboxylic acids is 1. The lowest BCUT2D eigenvalue weighted by Crippen LogP contribution is -2.32. The van der Waals surface area contributed by atoms with Crippen molar-refractivity contribution >= 4 is 12.1 Å². The van der Waals surface area contributed by atoms with Crippen LogP contribution >= 0.6 is 0 Å². The molecule has 0 spiro atoms. The van der Waals surface area contributed by atoms with Gasteiger partial charge in [-0.3, -0.25) is 4.79 Å². The molecule has 0 unspecified atom stereocenters. The SMILES string of the molecule is Cc1ccc(COC(=O)NCC2CCC(C(=O)O)CC2)cc1.NCCO. The molecule has 1 aliphatic carbocycles. The number of hydrogen-bond donors (Lipinski definition) is 4. The first-order valence-corrected chi connectivity index (χ1v) is 8.96. The molecule has 1 amide bonds. The van der Waals surface area contributed by atoms with Crippen molar-refractivity contribution in [1.29, 1.82) is 0 Å². The highest BCUT2D eigenvalue weighted by Gasteiger charge is 2.26. The summed E-state index contributed by atoms with van der Waals surface area (Å²) in [6, 6.07) is 7.85. The largest absolute Gasteiger partial charge is 0.481 e. The van der Waals surface area contributed by atoms with Crippen molar-refractivity contribution in [3.05, 3.63) is 35.4 Å². The number of ether oxygens (including phenoxy) is 1. The fourth-order valence-corrected chi connectivity index (χ4v) is 2.73. The Hall–Kier alpha value is -2.12. The molecule has 1 aromatic rings. The molecule has 2 rings (SSSR count). The van der Waals surface area contributed by atoms with Gasteiger partial charge in [-0.1, -0.05) is 29.8 Å². The van der Waals surface area contributed by atoms with Gasteiger partial charge in [-0.15, -0.1) is 0 Å². The van der Waals surface area contributed by atoms with Crippen LogP contribution in [0.25, 0.3) is 0 Å². The zero-order valence-corrected chi connectivity index (χ0v) is 15.3. The number of aryl methyl sites for hydroxylation is 1. The average Bonchev–Trinajstić information content (AvgIpc) is 2.66. The summed E-state index contributed by atoms with van der Waals surface area (Å²) in [5, 5.41) is 19.5. The Bertz CT molecular complexity index is 537. The summed E-state index contributed by atoms with van der Waals surface area (Å²) < 4.78 is 5.17. The van der Waals surface area contributed by atoms with E-state index in [1.54, 1.807) is 0 Å². The predicted molar refractivity (Wildman–Crippen MR) is 98.6 cm³/mol. The van der Waals surface area contributed by atoms with Crippen LogP contribution in [0.15, 0.2) is 24.3 Å². The van der Waals surface area contributed by atoms with Gasteiger partial charge in [0.15, 0.2) is 0 Å². The smallest absolute Gasteiger partial charge is 0.407 e. The van der Waals surface area contributed by atoms with Gasteiger partial charge >= 0.3 is 12.1 Å². The molecule has 0 aliphatic heterocycles. The predicted octanol–water partition coefficient (Wildman–Crippen LogP) is 2.05. The molecule has 0 saturated heterocycles. The highest BCUT2D eigenvalue weighted by atomic mass is 16.5. The number of carbonyl (C=O) groups excluding carboxylic acids is 1. The summed E-state index contributed by atoms with van der Waals surface area (Å²) in [4.78, 5) is 22.5. The first-order valence-electron chi connectivity index (χ1n) is 8.96. The molecule has 7 nitrogen and oxygen atoms in total. The molecule has 1 saturated carbocycles. The summed E-state index contributed by atoms with van der Waals surface area (Å²) in [6.45, 7) is 3.30. The lowest BCUT2D eigenvalue weighted by molar-refractivity contribution is -0.143. The number of carboxylic acid groups (broad SMARTS) is 1. The molecule has 0 atom stereocenters. The number of nitrogens with one attached hydrogen (secondary N) is 1. The van der Waals surface area contributed by atoms with E-state index in [1.165, 1.54) is 5.56 Å². The Morgan fingerprint density at radius 1 is 1.19 bits per heavy atom. The van der Waals surface area contributed by atoms with E-state index in [1.807, 2.05) is 31.2 Å². The number of nitrogens with two attached hydrogens (primary N) is 1. The Kier molecular flexibility index (Phi) is 10.3. The second-order valence-electron chi connectivity index (χ2n) is 6.51. The van der Waals surface area contributed by atoms with Crippen molar-refractivity contribution in [3.8, 4) is 0 Å². The topological polar surface area (TPSA) is 122 Å². The molecule has 1 fully saturated rings. The number of alkyl carbamates (subject to hydrolysis) is 1. The van der Waals surface area contributed by atoms with Crippen LogP contribution in [0.2, 0.25) is 0 Å². The molecule has 7 heteroatoms. The minimum absolute atomic E-state index is 0.0972. The number of hydrogen-bond acceptors (Lipinski definition) is 5. The van der Waals surface area contributed by atoms with Crippen LogP contribution in [0.1, 0.15) is 36.8 Å². The van der Waals surface area contributed by atoms with Crippen LogP contribution in [0.3, 0.4) is 0 Å². The molecule has 0 aromatic heterocycles. The maximum Gasteiger partial charge on any atom is 0.407 e. The van der Waals surface area contributed by atoms with E-state index in [0.717, 1.165) is 18.4 Å². The zero-order chi connectivity index (χ0) is 19.4. The fourth-order valence-electron chi connectivity index (χ4n) is 2.73. The van der Waals surface area contributed by atoms with Gasteiger partial charge in [0.1, 0.15) is 6.61 Å². The highest BCUT2D eigenvalue weighted by molar-refractivity contribution is 5.70. The average molecular weight is 366 g/mol. The van der Waals surface area contributed by atoms with Gasteiger partial charge in [-0.25, -0.2) is 4.79 Å². The van der Waals surface area contributed by atoms with Gasteiger partial charge in [0.25, 0.3) is 0 Å². The van der Waals surface area contributed by atoms with Crippen LogP contribution in [0.4, 0.5) is 4.79 Å². The quantitative estimate of drug-likeness (QED) is 0.611. The summed E-state index contributed by atoms with van der Waals surface area (Å²) in [7, 11) is 0. The fraction of sp³-hybridized carbons (Fsp3) is 0.579. The van der Waals surface area contributed by atoms with Crippen LogP contribution < -0.4 is 11.1 Å². The number of rotatable bonds is 6. The molecule has 0 heterocycles. The van der Waals surface area contributed by atoms with Crippen molar-refractivity contribution in [2.24, 2.45) is 17.6 Å². The van der Waals surface area contributed by atoms with Crippen LogP contribution in [0.5, 0.6) is 0 Å². The van der Waals surface area contributed by atoms with Gasteiger partial charge in [-0.05, 0) is 44.1 Å². The third kappa shape index (κ3) is 8.82. The normalized spacial score (nSPS) is 19.0. The van der Waals surface area contributed by atoms with E-state index in [4.69, 9.17) is 20.7 Å². The highest BCUT2D eigenvalue weighted by Crippen LogP contribution is 2.28. The molecule has 5 N–H and O–H groups in total. The summed E-state index contributed by atoms with van der Waals surface area (Å²) in [6.07, 6.45) is 2.66. The van der Waals surface area contributed by atoms with Crippen LogP contribution in [-0.4, -0.2) is 42.0 Å². The molecule has 1 aliphatic rings. The number of carbonyl (C=O) groups is 2. The van der Waals surface area contributed by atoms with Crippen molar-refractivity contribution in [3.63, 3.8) is 0 Å². The Balaban J connectivity index is 0.000000765. The van der Waals surface area contributed by atoms with E-state index in [0.29, 0.717) is 31.8 Å². The van der Waals surface area contributed by atoms with Gasteiger partial charge in [0.2, 0.25) is 0 Å². The van der Waals surface area contributed by atoms with Gasteiger partial charge in [0.05, 0.1) is 12.5 Å². The molecular weight excluding hydrogens is 336 g/mol. The third-order valence-electron chi connectivity index (χ3n) is 4.35. The molecule has 1 aromatic carbocycles. The summed E-state index contributed by atoms with van der Waals surface area (Å²) in [5.41, 5.74) is 6.91. The molecule has 0 radical (unpaired) electrons. The van der Waals surface area contributed by atoms with Crippen LogP contribution in [-0.2, 0) is 16.1 Å². The van der Waals surface area contributed by atoms with E-state index in [-0.39, 0.29) is 19.1 Å². The zero-order valence-electron chi connectivity index (χ0n) is 15.3. The van der Waals surface area contributed by atoms with Gasteiger partial charge in [0, 0.05) is 13.1 Å². The third-order valence-corrected chi connectivity index (χ3v) is 4.35. The molecule has 0 bridgehead atoms. The maximum atomic E-state index is 11.7. The Morgan fingerprint density at radius 3 is 2.27 bits per heavy atom. The van der Waals surface area contributed by atoms with E-state index in [9.17, 15) is 9.59 Å². The van der Waals surface area contributed by atoms with Crippen molar-refractivity contribution < 1.29 is 24.5 Å². The molecular formula is C19H30N2O5. The number of benzene rings is 1. The second-order valence-corrected chi connectivity index (χ2v) is 6.51. The standard InChI is InChI=1S/C17H23NO4.C2H7NO/c1-12-2-4-14(5-3-12)11-22-17(21)18-10-13-6-8-15(9-7-13)16(19)20;3-1-2-4/h2-5,13,15H,6-11H2,1H3,(H,18,21)(H,19,20);4H,1-3H2. The summed E-state index contributed by atoms with van der Waals surface area (Å²) in [5.74, 6) is -0.573. The number of aliphatic hydroxyl groups is 1. The van der Waals surface area contributed by atoms with Crippen molar-refractivity contribution in [2.75, 3.05) is 19.7 Å². The monoisotopic (exact) mass is 366 g/mol. The lowest BCUT2D eigenvalue weighted by Gasteiger charge is -2.25. The van der Waals surface area contributed by atoms with Gasteiger partial charge < -0.3 is 26.0 Å². The number of amides is 1. The molecule has 26 heavy (non-hydrogen) atoms. The number of aliphatic carboxylic acids is 1. The summed E-state index contributed by atoms with van der Waals surface area (Å²) >= 11 is 0. The number of aliphatic hydroxyl groups excluding tert-OH is 1. The van der Waals surface area contributed by atoms with Crippen molar-refractivity contribution in [1.82, 2.24) is 5.32 Å². The van der Waals surface area contributed by atoms with E-state index < -0.39 is 12.1 Å². The van der Waals surface area contributed by atoms with E-state index >= 15 is 0 Å². The Morgan fingerprint density at radius 2 is 1.77 bits per heavy atom. The van der Waals surface area contributed by atoms with Crippen molar-refractivity contribution in [2.45, 2.75) is 39.2 Å². The van der Waals surface area contributed by atoms with E-state index in [2.05, 4.69) is 5.32 Å². The first-order chi connectivity index (χ1) is 12.5. The first kappa shape index (κ1) is 21.9. The minimum Gasteiger partial charge on any atom is -0.481 e. The Labute approximate surface area is 154 Å². The lowest BCUT2D eigenvalue weighted by atomic mass is 9.82. The minimum atomic E-state index is -0.705. The second kappa shape index (κ2) is 12.3. The van der Waals surface area contributed by atoms with Gasteiger partial charge in [-0.2, -0.15) is 0 Å². The maximum absolute atomic E-state index is 11.7. The molecule has 146 valence electrons.